The third kappa shape index (κ3) is 1.95. The first kappa shape index (κ1) is 9.48. The molecule has 1 amide bonds. The number of rotatable bonds is 4. The van der Waals surface area contributed by atoms with Crippen molar-refractivity contribution in [2.75, 3.05) is 6.54 Å². The summed E-state index contributed by atoms with van der Waals surface area (Å²) >= 11 is 0. The van der Waals surface area contributed by atoms with Gasteiger partial charge in [-0.1, -0.05) is 6.42 Å². The standard InChI is InChI=1S/C8H17N3O/c1-2-10-8(12)7(11-9)6-4-3-5-6/h6-7,11H,2-5,9H2,1H3,(H,10,12)/t7-/m1/s1. The monoisotopic (exact) mass is 171 g/mol. The number of nitrogens with one attached hydrogen (secondary N) is 2. The summed E-state index contributed by atoms with van der Waals surface area (Å²) in [5.41, 5.74) is 2.58. The van der Waals surface area contributed by atoms with Gasteiger partial charge < -0.3 is 5.32 Å². The maximum absolute atomic E-state index is 11.4. The summed E-state index contributed by atoms with van der Waals surface area (Å²) in [6.45, 7) is 2.58. The highest BCUT2D eigenvalue weighted by Gasteiger charge is 2.31. The molecule has 1 aliphatic carbocycles. The molecule has 0 unspecified atom stereocenters. The van der Waals surface area contributed by atoms with Crippen LogP contribution in [-0.2, 0) is 4.79 Å². The van der Waals surface area contributed by atoms with Gasteiger partial charge in [0.25, 0.3) is 0 Å². The Balaban J connectivity index is 2.37. The molecule has 0 radical (unpaired) electrons. The van der Waals surface area contributed by atoms with E-state index in [0.717, 1.165) is 12.8 Å². The number of hydrogen-bond donors (Lipinski definition) is 3. The van der Waals surface area contributed by atoms with E-state index in [4.69, 9.17) is 5.84 Å². The summed E-state index contributed by atoms with van der Waals surface area (Å²) in [5, 5.41) is 2.76. The summed E-state index contributed by atoms with van der Waals surface area (Å²) < 4.78 is 0. The molecule has 0 heterocycles. The lowest BCUT2D eigenvalue weighted by Gasteiger charge is -2.32. The average Bonchev–Trinajstić information content (AvgIpc) is 1.96. The van der Waals surface area contributed by atoms with E-state index in [1.807, 2.05) is 6.92 Å². The number of likely N-dealkylation sites (N-methyl/N-ethyl adjacent to an activating group) is 1. The molecule has 1 rings (SSSR count). The molecule has 0 aromatic carbocycles. The lowest BCUT2D eigenvalue weighted by molar-refractivity contribution is -0.125. The number of nitrogens with two attached hydrogens (primary N) is 1. The van der Waals surface area contributed by atoms with Crippen molar-refractivity contribution in [1.82, 2.24) is 10.7 Å². The molecule has 0 aromatic heterocycles. The third-order valence-electron chi connectivity index (χ3n) is 2.43. The Hall–Kier alpha value is -0.610. The first-order valence-corrected chi connectivity index (χ1v) is 4.53. The van der Waals surface area contributed by atoms with E-state index in [1.54, 1.807) is 0 Å². The second kappa shape index (κ2) is 4.42. The van der Waals surface area contributed by atoms with Gasteiger partial charge in [-0.2, -0.15) is 0 Å². The topological polar surface area (TPSA) is 67.2 Å². The molecule has 4 N–H and O–H groups in total. The number of carbonyl (C=O) groups is 1. The van der Waals surface area contributed by atoms with Crippen molar-refractivity contribution < 1.29 is 4.79 Å². The highest BCUT2D eigenvalue weighted by molar-refractivity contribution is 5.82. The van der Waals surface area contributed by atoms with Gasteiger partial charge in [0.2, 0.25) is 5.91 Å². The van der Waals surface area contributed by atoms with Gasteiger partial charge in [0, 0.05) is 6.54 Å². The van der Waals surface area contributed by atoms with Crippen LogP contribution in [-0.4, -0.2) is 18.5 Å². The van der Waals surface area contributed by atoms with Gasteiger partial charge in [0.15, 0.2) is 0 Å². The fourth-order valence-electron chi connectivity index (χ4n) is 1.48. The van der Waals surface area contributed by atoms with E-state index in [-0.39, 0.29) is 11.9 Å². The van der Waals surface area contributed by atoms with Crippen LogP contribution in [0.3, 0.4) is 0 Å². The van der Waals surface area contributed by atoms with E-state index < -0.39 is 0 Å². The Morgan fingerprint density at radius 3 is 2.67 bits per heavy atom. The molecule has 0 saturated heterocycles. The van der Waals surface area contributed by atoms with Gasteiger partial charge in [0.1, 0.15) is 6.04 Å². The van der Waals surface area contributed by atoms with E-state index in [2.05, 4.69) is 10.7 Å². The van der Waals surface area contributed by atoms with E-state index >= 15 is 0 Å². The SMILES string of the molecule is CCNC(=O)[C@H](NN)C1CCC1. The van der Waals surface area contributed by atoms with Crippen molar-refractivity contribution in [3.05, 3.63) is 0 Å². The molecule has 0 bridgehead atoms. The van der Waals surface area contributed by atoms with Crippen molar-refractivity contribution in [2.45, 2.75) is 32.2 Å². The average molecular weight is 171 g/mol. The predicted molar refractivity (Wildman–Crippen MR) is 47.1 cm³/mol. The van der Waals surface area contributed by atoms with Crippen molar-refractivity contribution in [2.24, 2.45) is 11.8 Å². The van der Waals surface area contributed by atoms with Crippen LogP contribution >= 0.6 is 0 Å². The molecule has 12 heavy (non-hydrogen) atoms. The number of amides is 1. The lowest BCUT2D eigenvalue weighted by Crippen LogP contribution is -2.53. The van der Waals surface area contributed by atoms with E-state index in [9.17, 15) is 4.79 Å². The normalized spacial score (nSPS) is 19.8. The zero-order valence-electron chi connectivity index (χ0n) is 7.47. The van der Waals surface area contributed by atoms with Crippen LogP contribution in [0, 0.1) is 5.92 Å². The van der Waals surface area contributed by atoms with Gasteiger partial charge in [-0.25, -0.2) is 5.43 Å². The van der Waals surface area contributed by atoms with Crippen LogP contribution in [0.2, 0.25) is 0 Å². The van der Waals surface area contributed by atoms with Gasteiger partial charge in [-0.3, -0.25) is 10.6 Å². The summed E-state index contributed by atoms with van der Waals surface area (Å²) in [4.78, 5) is 11.4. The minimum atomic E-state index is -0.182. The predicted octanol–water partition coefficient (Wildman–Crippen LogP) is -0.245. The Kier molecular flexibility index (Phi) is 3.49. The molecule has 1 fully saturated rings. The fraction of sp³-hybridized carbons (Fsp3) is 0.875. The molecule has 0 aliphatic heterocycles. The smallest absolute Gasteiger partial charge is 0.238 e. The van der Waals surface area contributed by atoms with Crippen molar-refractivity contribution >= 4 is 5.91 Å². The molecule has 4 nitrogen and oxygen atoms in total. The van der Waals surface area contributed by atoms with Crippen LogP contribution in [0.1, 0.15) is 26.2 Å². The van der Waals surface area contributed by atoms with Crippen LogP contribution in [0.5, 0.6) is 0 Å². The summed E-state index contributed by atoms with van der Waals surface area (Å²) in [6, 6.07) is -0.182. The Labute approximate surface area is 72.9 Å². The minimum absolute atomic E-state index is 0.0321. The molecule has 1 aliphatic rings. The van der Waals surface area contributed by atoms with E-state index in [1.165, 1.54) is 6.42 Å². The molecule has 70 valence electrons. The maximum atomic E-state index is 11.4. The largest absolute Gasteiger partial charge is 0.355 e. The lowest BCUT2D eigenvalue weighted by atomic mass is 9.79. The van der Waals surface area contributed by atoms with Crippen LogP contribution < -0.4 is 16.6 Å². The van der Waals surface area contributed by atoms with Crippen LogP contribution in [0.25, 0.3) is 0 Å². The highest BCUT2D eigenvalue weighted by Crippen LogP contribution is 2.29. The molecular formula is C8H17N3O. The fourth-order valence-corrected chi connectivity index (χ4v) is 1.48. The molecular weight excluding hydrogens is 154 g/mol. The minimum Gasteiger partial charge on any atom is -0.355 e. The Morgan fingerprint density at radius 1 is 1.67 bits per heavy atom. The van der Waals surface area contributed by atoms with Crippen molar-refractivity contribution in [3.8, 4) is 0 Å². The van der Waals surface area contributed by atoms with Crippen LogP contribution in [0.4, 0.5) is 0 Å². The summed E-state index contributed by atoms with van der Waals surface area (Å²) in [6.07, 6.45) is 3.46. The second-order valence-electron chi connectivity index (χ2n) is 3.23. The summed E-state index contributed by atoms with van der Waals surface area (Å²) in [7, 11) is 0. The number of hydrogen-bond acceptors (Lipinski definition) is 3. The first-order chi connectivity index (χ1) is 5.79. The Bertz CT molecular complexity index is 156. The quantitative estimate of drug-likeness (QED) is 0.404. The molecule has 4 heteroatoms. The zero-order chi connectivity index (χ0) is 8.97. The third-order valence-corrected chi connectivity index (χ3v) is 2.43. The van der Waals surface area contributed by atoms with Crippen molar-refractivity contribution in [3.63, 3.8) is 0 Å². The molecule has 1 saturated carbocycles. The van der Waals surface area contributed by atoms with Gasteiger partial charge in [-0.15, -0.1) is 0 Å². The first-order valence-electron chi connectivity index (χ1n) is 4.53. The van der Waals surface area contributed by atoms with Crippen LogP contribution in [0.15, 0.2) is 0 Å². The zero-order valence-corrected chi connectivity index (χ0v) is 7.47. The molecule has 1 atom stereocenters. The molecule has 0 aromatic rings. The maximum Gasteiger partial charge on any atom is 0.238 e. The van der Waals surface area contributed by atoms with Gasteiger partial charge in [0.05, 0.1) is 0 Å². The number of hydrazine groups is 1. The Morgan fingerprint density at radius 2 is 2.33 bits per heavy atom. The van der Waals surface area contributed by atoms with Gasteiger partial charge >= 0.3 is 0 Å². The molecule has 0 spiro atoms. The second-order valence-corrected chi connectivity index (χ2v) is 3.23. The van der Waals surface area contributed by atoms with Crippen molar-refractivity contribution in [1.29, 1.82) is 0 Å². The summed E-state index contributed by atoms with van der Waals surface area (Å²) in [5.74, 6) is 5.78. The van der Waals surface area contributed by atoms with Gasteiger partial charge in [-0.05, 0) is 25.7 Å². The number of carbonyl (C=O) groups excluding carboxylic acids is 1. The van der Waals surface area contributed by atoms with E-state index in [0.29, 0.717) is 12.5 Å². The highest BCUT2D eigenvalue weighted by atomic mass is 16.2.